The largest absolute Gasteiger partial charge is 0.496 e. The first-order valence-electron chi connectivity index (χ1n) is 6.97. The lowest BCUT2D eigenvalue weighted by Gasteiger charge is -2.11. The van der Waals surface area contributed by atoms with Crippen molar-refractivity contribution in [2.45, 2.75) is 17.6 Å². The number of methoxy groups -OCH3 is 1. The molecule has 0 heterocycles. The zero-order valence-electron chi connectivity index (χ0n) is 12.6. The molecule has 0 spiro atoms. The van der Waals surface area contributed by atoms with Crippen molar-refractivity contribution >= 4 is 29.3 Å². The zero-order chi connectivity index (χ0) is 15.9. The molecule has 0 fully saturated rings. The van der Waals surface area contributed by atoms with Gasteiger partial charge in [-0.05, 0) is 49.4 Å². The topological polar surface area (TPSA) is 38.3 Å². The van der Waals surface area contributed by atoms with E-state index in [2.05, 4.69) is 5.32 Å². The molecule has 5 heteroatoms. The Bertz CT molecular complexity index is 644. The second-order valence-corrected chi connectivity index (χ2v) is 6.11. The maximum Gasteiger partial charge on any atom is 0.251 e. The van der Waals surface area contributed by atoms with Crippen LogP contribution in [-0.2, 0) is 5.75 Å². The van der Waals surface area contributed by atoms with Crippen molar-refractivity contribution in [3.63, 3.8) is 0 Å². The molecule has 1 N–H and O–H groups in total. The van der Waals surface area contributed by atoms with Crippen LogP contribution in [0, 0.1) is 0 Å². The van der Waals surface area contributed by atoms with Gasteiger partial charge in [0.15, 0.2) is 0 Å². The molecule has 0 saturated carbocycles. The number of halogens is 1. The van der Waals surface area contributed by atoms with Gasteiger partial charge < -0.3 is 10.1 Å². The third-order valence-corrected chi connectivity index (χ3v) is 4.40. The van der Waals surface area contributed by atoms with Gasteiger partial charge in [-0.1, -0.05) is 11.6 Å². The van der Waals surface area contributed by atoms with Gasteiger partial charge in [0.25, 0.3) is 5.91 Å². The molecule has 0 aliphatic heterocycles. The number of nitrogens with one attached hydrogen (secondary N) is 1. The van der Waals surface area contributed by atoms with Crippen LogP contribution >= 0.6 is 23.4 Å². The Morgan fingerprint density at radius 2 is 1.95 bits per heavy atom. The number of thioether (sulfide) groups is 1. The lowest BCUT2D eigenvalue weighted by Crippen LogP contribution is -2.22. The monoisotopic (exact) mass is 335 g/mol. The summed E-state index contributed by atoms with van der Waals surface area (Å²) < 4.78 is 5.38. The van der Waals surface area contributed by atoms with Gasteiger partial charge in [0, 0.05) is 33.3 Å². The van der Waals surface area contributed by atoms with Crippen LogP contribution in [-0.4, -0.2) is 19.6 Å². The Labute approximate surface area is 140 Å². The number of carbonyl (C=O) groups is 1. The van der Waals surface area contributed by atoms with E-state index in [4.69, 9.17) is 16.3 Å². The molecule has 0 aliphatic carbocycles. The molecule has 0 aromatic heterocycles. The number of ether oxygens (including phenoxy) is 1. The van der Waals surface area contributed by atoms with Crippen molar-refractivity contribution in [3.05, 3.63) is 58.6 Å². The third kappa shape index (κ3) is 4.42. The average molecular weight is 336 g/mol. The predicted octanol–water partition coefficient (Wildman–Crippen LogP) is 4.39. The number of hydrogen-bond acceptors (Lipinski definition) is 3. The van der Waals surface area contributed by atoms with Crippen LogP contribution < -0.4 is 10.1 Å². The van der Waals surface area contributed by atoms with E-state index in [-0.39, 0.29) is 5.91 Å². The highest BCUT2D eigenvalue weighted by atomic mass is 35.5. The van der Waals surface area contributed by atoms with Gasteiger partial charge in [0.05, 0.1) is 7.11 Å². The van der Waals surface area contributed by atoms with Gasteiger partial charge in [-0.2, -0.15) is 0 Å². The van der Waals surface area contributed by atoms with Crippen molar-refractivity contribution in [1.82, 2.24) is 5.32 Å². The van der Waals surface area contributed by atoms with Crippen LogP contribution in [0.5, 0.6) is 5.75 Å². The SMILES string of the molecule is CCNC(=O)c1ccc(OC)c(CSc2ccc(Cl)cc2)c1. The summed E-state index contributed by atoms with van der Waals surface area (Å²) in [5.41, 5.74) is 1.64. The fourth-order valence-electron chi connectivity index (χ4n) is 1.99. The molecule has 2 rings (SSSR count). The van der Waals surface area contributed by atoms with E-state index in [0.717, 1.165) is 27.0 Å². The maximum absolute atomic E-state index is 11.9. The van der Waals surface area contributed by atoms with Crippen LogP contribution in [0.1, 0.15) is 22.8 Å². The molecule has 1 amide bonds. The van der Waals surface area contributed by atoms with E-state index in [1.54, 1.807) is 24.9 Å². The van der Waals surface area contributed by atoms with Crippen LogP contribution in [0.4, 0.5) is 0 Å². The fraction of sp³-hybridized carbons (Fsp3) is 0.235. The lowest BCUT2D eigenvalue weighted by molar-refractivity contribution is 0.0955. The summed E-state index contributed by atoms with van der Waals surface area (Å²) in [6.07, 6.45) is 0. The molecule has 0 radical (unpaired) electrons. The summed E-state index contributed by atoms with van der Waals surface area (Å²) >= 11 is 7.56. The van der Waals surface area contributed by atoms with Crippen molar-refractivity contribution in [2.24, 2.45) is 0 Å². The highest BCUT2D eigenvalue weighted by molar-refractivity contribution is 7.98. The molecule has 3 nitrogen and oxygen atoms in total. The number of benzene rings is 2. The minimum Gasteiger partial charge on any atom is -0.496 e. The molecular formula is C17H18ClNO2S. The first kappa shape index (κ1) is 16.7. The zero-order valence-corrected chi connectivity index (χ0v) is 14.1. The lowest BCUT2D eigenvalue weighted by atomic mass is 10.1. The molecule has 2 aromatic carbocycles. The number of rotatable bonds is 6. The van der Waals surface area contributed by atoms with Crippen LogP contribution in [0.15, 0.2) is 47.4 Å². The molecule has 22 heavy (non-hydrogen) atoms. The summed E-state index contributed by atoms with van der Waals surface area (Å²) in [6, 6.07) is 13.2. The van der Waals surface area contributed by atoms with Crippen molar-refractivity contribution in [1.29, 1.82) is 0 Å². The molecular weight excluding hydrogens is 318 g/mol. The van der Waals surface area contributed by atoms with Crippen LogP contribution in [0.25, 0.3) is 0 Å². The highest BCUT2D eigenvalue weighted by Gasteiger charge is 2.10. The van der Waals surface area contributed by atoms with Crippen molar-refractivity contribution < 1.29 is 9.53 Å². The van der Waals surface area contributed by atoms with Crippen molar-refractivity contribution in [3.8, 4) is 5.75 Å². The van der Waals surface area contributed by atoms with Gasteiger partial charge in [0.1, 0.15) is 5.75 Å². The van der Waals surface area contributed by atoms with E-state index in [1.165, 1.54) is 0 Å². The van der Waals surface area contributed by atoms with Crippen LogP contribution in [0.2, 0.25) is 5.02 Å². The second-order valence-electron chi connectivity index (χ2n) is 4.63. The summed E-state index contributed by atoms with van der Waals surface area (Å²) in [4.78, 5) is 13.1. The van der Waals surface area contributed by atoms with E-state index >= 15 is 0 Å². The highest BCUT2D eigenvalue weighted by Crippen LogP contribution is 2.29. The Morgan fingerprint density at radius 3 is 2.59 bits per heavy atom. The summed E-state index contributed by atoms with van der Waals surface area (Å²) in [7, 11) is 1.64. The fourth-order valence-corrected chi connectivity index (χ4v) is 2.99. The minimum atomic E-state index is -0.0668. The van der Waals surface area contributed by atoms with Crippen molar-refractivity contribution in [2.75, 3.05) is 13.7 Å². The second kappa shape index (κ2) is 8.11. The molecule has 2 aromatic rings. The van der Waals surface area contributed by atoms with Gasteiger partial charge in [-0.15, -0.1) is 11.8 Å². The quantitative estimate of drug-likeness (QED) is 0.796. The third-order valence-electron chi connectivity index (χ3n) is 3.09. The van der Waals surface area contributed by atoms with Crippen LogP contribution in [0.3, 0.4) is 0 Å². The number of carbonyl (C=O) groups excluding carboxylic acids is 1. The van der Waals surface area contributed by atoms with Gasteiger partial charge >= 0.3 is 0 Å². The normalized spacial score (nSPS) is 10.3. The van der Waals surface area contributed by atoms with Gasteiger partial charge in [-0.3, -0.25) is 4.79 Å². The summed E-state index contributed by atoms with van der Waals surface area (Å²) in [5, 5.41) is 3.53. The predicted molar refractivity (Wildman–Crippen MR) is 92.0 cm³/mol. The molecule has 0 saturated heterocycles. The summed E-state index contributed by atoms with van der Waals surface area (Å²) in [6.45, 7) is 2.51. The first-order valence-corrected chi connectivity index (χ1v) is 8.34. The Balaban J connectivity index is 2.15. The molecule has 0 aliphatic rings. The maximum atomic E-state index is 11.9. The van der Waals surface area contributed by atoms with E-state index in [9.17, 15) is 4.79 Å². The molecule has 0 unspecified atom stereocenters. The number of hydrogen-bond donors (Lipinski definition) is 1. The van der Waals surface area contributed by atoms with Gasteiger partial charge in [0.2, 0.25) is 0 Å². The average Bonchev–Trinajstić information content (AvgIpc) is 2.54. The minimum absolute atomic E-state index is 0.0668. The number of amides is 1. The summed E-state index contributed by atoms with van der Waals surface area (Å²) in [5.74, 6) is 1.44. The Hall–Kier alpha value is -1.65. The standard InChI is InChI=1S/C17H18ClNO2S/c1-3-19-17(20)12-4-9-16(21-2)13(10-12)11-22-15-7-5-14(18)6-8-15/h4-10H,3,11H2,1-2H3,(H,19,20). The van der Waals surface area contributed by atoms with E-state index in [1.807, 2.05) is 43.3 Å². The molecule has 116 valence electrons. The Kier molecular flexibility index (Phi) is 6.16. The Morgan fingerprint density at radius 1 is 1.23 bits per heavy atom. The van der Waals surface area contributed by atoms with E-state index < -0.39 is 0 Å². The van der Waals surface area contributed by atoms with Gasteiger partial charge in [-0.25, -0.2) is 0 Å². The smallest absolute Gasteiger partial charge is 0.251 e. The molecule has 0 atom stereocenters. The van der Waals surface area contributed by atoms with E-state index in [0.29, 0.717) is 12.1 Å². The molecule has 0 bridgehead atoms. The first-order chi connectivity index (χ1) is 10.6.